The van der Waals surface area contributed by atoms with E-state index in [1.54, 1.807) is 18.3 Å². The lowest BCUT2D eigenvalue weighted by Gasteiger charge is -2.29. The van der Waals surface area contributed by atoms with Gasteiger partial charge in [-0.15, -0.1) is 11.3 Å². The van der Waals surface area contributed by atoms with Crippen molar-refractivity contribution < 1.29 is 9.90 Å². The Hall–Kier alpha value is -1.46. The number of rotatable bonds is 5. The van der Waals surface area contributed by atoms with Gasteiger partial charge in [-0.1, -0.05) is 12.1 Å². The van der Waals surface area contributed by atoms with E-state index < -0.39 is 11.6 Å². The standard InChI is InChI=1S/C15H20N2O2S/c1-10(18)15(2,3)17-13(19)8-9-14-16-11-6-4-5-7-12(11)20-14/h4-7,10,18H,8-9H2,1-3H3,(H,17,19). The molecule has 0 radical (unpaired) electrons. The van der Waals surface area contributed by atoms with Crippen LogP contribution >= 0.6 is 11.3 Å². The van der Waals surface area contributed by atoms with E-state index in [2.05, 4.69) is 10.3 Å². The molecule has 0 aliphatic carbocycles. The molecule has 5 heteroatoms. The second-order valence-electron chi connectivity index (χ2n) is 5.52. The molecule has 2 N–H and O–H groups in total. The van der Waals surface area contributed by atoms with E-state index in [9.17, 15) is 9.90 Å². The molecule has 0 fully saturated rings. The van der Waals surface area contributed by atoms with E-state index in [-0.39, 0.29) is 5.91 Å². The molecule has 0 saturated carbocycles. The summed E-state index contributed by atoms with van der Waals surface area (Å²) in [4.78, 5) is 16.4. The first-order chi connectivity index (χ1) is 9.38. The number of amides is 1. The maximum atomic E-state index is 11.9. The normalized spacial score (nSPS) is 13.4. The highest BCUT2D eigenvalue weighted by molar-refractivity contribution is 7.18. The SMILES string of the molecule is CC(O)C(C)(C)NC(=O)CCc1nc2ccccc2s1. The number of aliphatic hydroxyl groups excluding tert-OH is 1. The number of carbonyl (C=O) groups excluding carboxylic acids is 1. The lowest BCUT2D eigenvalue weighted by molar-refractivity contribution is -0.123. The Balaban J connectivity index is 1.93. The van der Waals surface area contributed by atoms with Gasteiger partial charge in [0.25, 0.3) is 0 Å². The second-order valence-corrected chi connectivity index (χ2v) is 6.64. The van der Waals surface area contributed by atoms with Gasteiger partial charge in [0.1, 0.15) is 0 Å². The number of carbonyl (C=O) groups is 1. The number of benzene rings is 1. The Labute approximate surface area is 122 Å². The number of nitrogens with zero attached hydrogens (tertiary/aromatic N) is 1. The van der Waals surface area contributed by atoms with Crippen molar-refractivity contribution in [3.63, 3.8) is 0 Å². The highest BCUT2D eigenvalue weighted by atomic mass is 32.1. The summed E-state index contributed by atoms with van der Waals surface area (Å²) in [5, 5.41) is 13.4. The van der Waals surface area contributed by atoms with E-state index in [1.807, 2.05) is 38.1 Å². The van der Waals surface area contributed by atoms with Crippen molar-refractivity contribution in [1.29, 1.82) is 0 Å². The summed E-state index contributed by atoms with van der Waals surface area (Å²) in [6.45, 7) is 5.30. The minimum atomic E-state index is -0.606. The number of aliphatic hydroxyl groups is 1. The average Bonchev–Trinajstić information content (AvgIpc) is 2.78. The Morgan fingerprint density at radius 3 is 2.80 bits per heavy atom. The summed E-state index contributed by atoms with van der Waals surface area (Å²) in [7, 11) is 0. The Bertz CT molecular complexity index is 572. The van der Waals surface area contributed by atoms with Gasteiger partial charge >= 0.3 is 0 Å². The Morgan fingerprint density at radius 2 is 2.15 bits per heavy atom. The van der Waals surface area contributed by atoms with Crippen molar-refractivity contribution in [3.8, 4) is 0 Å². The predicted octanol–water partition coefficient (Wildman–Crippen LogP) is 2.50. The number of fused-ring (bicyclic) bond motifs is 1. The number of aromatic nitrogens is 1. The molecular weight excluding hydrogens is 272 g/mol. The van der Waals surface area contributed by atoms with Gasteiger partial charge in [0.15, 0.2) is 0 Å². The van der Waals surface area contributed by atoms with Crippen LogP contribution in [0.3, 0.4) is 0 Å². The molecule has 0 aliphatic rings. The van der Waals surface area contributed by atoms with Crippen LogP contribution in [0.2, 0.25) is 0 Å². The molecule has 2 rings (SSSR count). The summed E-state index contributed by atoms with van der Waals surface area (Å²) < 4.78 is 1.15. The fourth-order valence-electron chi connectivity index (χ4n) is 1.77. The van der Waals surface area contributed by atoms with Crippen LogP contribution in [0, 0.1) is 0 Å². The van der Waals surface area contributed by atoms with E-state index in [0.29, 0.717) is 12.8 Å². The van der Waals surface area contributed by atoms with Crippen molar-refractivity contribution >= 4 is 27.5 Å². The summed E-state index contributed by atoms with van der Waals surface area (Å²) in [5.41, 5.74) is 0.377. The highest BCUT2D eigenvalue weighted by Crippen LogP contribution is 2.22. The number of hydrogen-bond donors (Lipinski definition) is 2. The molecule has 4 nitrogen and oxygen atoms in total. The molecule has 108 valence electrons. The van der Waals surface area contributed by atoms with Gasteiger partial charge in [-0.25, -0.2) is 4.98 Å². The molecule has 1 amide bonds. The fraction of sp³-hybridized carbons (Fsp3) is 0.467. The number of thiazole rings is 1. The molecule has 0 bridgehead atoms. The van der Waals surface area contributed by atoms with Crippen LogP contribution in [0.5, 0.6) is 0 Å². The van der Waals surface area contributed by atoms with Crippen LogP contribution in [-0.2, 0) is 11.2 Å². The molecule has 0 aliphatic heterocycles. The van der Waals surface area contributed by atoms with E-state index in [0.717, 1.165) is 15.2 Å². The average molecular weight is 292 g/mol. The number of nitrogens with one attached hydrogen (secondary N) is 1. The maximum absolute atomic E-state index is 11.9. The van der Waals surface area contributed by atoms with E-state index in [1.165, 1.54) is 0 Å². The summed E-state index contributed by atoms with van der Waals surface area (Å²) in [6.07, 6.45) is 0.422. The molecule has 1 unspecified atom stereocenters. The van der Waals surface area contributed by atoms with Crippen LogP contribution < -0.4 is 5.32 Å². The fourth-order valence-corrected chi connectivity index (χ4v) is 2.74. The first-order valence-corrected chi connectivity index (χ1v) is 7.53. The zero-order valence-corrected chi connectivity index (χ0v) is 12.8. The largest absolute Gasteiger partial charge is 0.391 e. The summed E-state index contributed by atoms with van der Waals surface area (Å²) >= 11 is 1.62. The molecule has 1 aromatic heterocycles. The van der Waals surface area contributed by atoms with Gasteiger partial charge in [-0.2, -0.15) is 0 Å². The molecule has 0 saturated heterocycles. The smallest absolute Gasteiger partial charge is 0.220 e. The van der Waals surface area contributed by atoms with Gasteiger partial charge in [0.2, 0.25) is 5.91 Å². The molecular formula is C15H20N2O2S. The van der Waals surface area contributed by atoms with Crippen molar-refractivity contribution in [2.75, 3.05) is 0 Å². The maximum Gasteiger partial charge on any atom is 0.220 e. The van der Waals surface area contributed by atoms with Crippen molar-refractivity contribution in [3.05, 3.63) is 29.3 Å². The Morgan fingerprint density at radius 1 is 1.45 bits per heavy atom. The molecule has 0 spiro atoms. The number of para-hydroxylation sites is 1. The Kier molecular flexibility index (Phi) is 4.40. The van der Waals surface area contributed by atoms with Crippen molar-refractivity contribution in [2.24, 2.45) is 0 Å². The van der Waals surface area contributed by atoms with E-state index >= 15 is 0 Å². The zero-order chi connectivity index (χ0) is 14.8. The summed E-state index contributed by atoms with van der Waals surface area (Å²) in [6, 6.07) is 7.96. The lowest BCUT2D eigenvalue weighted by Crippen LogP contribution is -2.51. The third kappa shape index (κ3) is 3.55. The first-order valence-electron chi connectivity index (χ1n) is 6.72. The number of hydrogen-bond acceptors (Lipinski definition) is 4. The number of aryl methyl sites for hydroxylation is 1. The van der Waals surface area contributed by atoms with Gasteiger partial charge in [0, 0.05) is 12.8 Å². The second kappa shape index (κ2) is 5.89. The third-order valence-corrected chi connectivity index (χ3v) is 4.51. The minimum absolute atomic E-state index is 0.0600. The van der Waals surface area contributed by atoms with Gasteiger partial charge in [-0.05, 0) is 32.9 Å². The van der Waals surface area contributed by atoms with Crippen LogP contribution in [0.15, 0.2) is 24.3 Å². The molecule has 1 atom stereocenters. The van der Waals surface area contributed by atoms with Crippen LogP contribution in [-0.4, -0.2) is 27.6 Å². The zero-order valence-electron chi connectivity index (χ0n) is 12.0. The lowest BCUT2D eigenvalue weighted by atomic mass is 9.98. The molecule has 1 heterocycles. The predicted molar refractivity (Wildman–Crippen MR) is 81.8 cm³/mol. The van der Waals surface area contributed by atoms with Gasteiger partial charge < -0.3 is 10.4 Å². The summed E-state index contributed by atoms with van der Waals surface area (Å²) in [5.74, 6) is -0.0600. The third-order valence-electron chi connectivity index (χ3n) is 3.41. The van der Waals surface area contributed by atoms with Gasteiger partial charge in [0.05, 0.1) is 26.9 Å². The van der Waals surface area contributed by atoms with Gasteiger partial charge in [-0.3, -0.25) is 4.79 Å². The first kappa shape index (κ1) is 14.9. The minimum Gasteiger partial charge on any atom is -0.391 e. The molecule has 20 heavy (non-hydrogen) atoms. The monoisotopic (exact) mass is 292 g/mol. The molecule has 2 aromatic rings. The van der Waals surface area contributed by atoms with Crippen molar-refractivity contribution in [2.45, 2.75) is 45.3 Å². The highest BCUT2D eigenvalue weighted by Gasteiger charge is 2.25. The van der Waals surface area contributed by atoms with Crippen molar-refractivity contribution in [1.82, 2.24) is 10.3 Å². The van der Waals surface area contributed by atoms with Crippen LogP contribution in [0.25, 0.3) is 10.2 Å². The van der Waals surface area contributed by atoms with E-state index in [4.69, 9.17) is 0 Å². The van der Waals surface area contributed by atoms with Crippen LogP contribution in [0.4, 0.5) is 0 Å². The topological polar surface area (TPSA) is 62.2 Å². The quantitative estimate of drug-likeness (QED) is 0.890. The van der Waals surface area contributed by atoms with Crippen LogP contribution in [0.1, 0.15) is 32.2 Å². The molecule has 1 aromatic carbocycles.